The van der Waals surface area contributed by atoms with Gasteiger partial charge >= 0.3 is 0 Å². The first-order chi connectivity index (χ1) is 9.08. The topological polar surface area (TPSA) is 38.5 Å². The van der Waals surface area contributed by atoms with Crippen LogP contribution in [0.4, 0.5) is 8.78 Å². The molecule has 1 atom stereocenters. The van der Waals surface area contributed by atoms with Gasteiger partial charge in [-0.25, -0.2) is 8.78 Å². The lowest BCUT2D eigenvalue weighted by Crippen LogP contribution is -2.35. The molecule has 0 aliphatic carbocycles. The zero-order valence-corrected chi connectivity index (χ0v) is 11.5. The van der Waals surface area contributed by atoms with E-state index in [-0.39, 0.29) is 5.56 Å². The number of hydrogen-bond acceptors (Lipinski definition) is 3. The van der Waals surface area contributed by atoms with Crippen LogP contribution in [0.2, 0.25) is 0 Å². The van der Waals surface area contributed by atoms with E-state index in [2.05, 4.69) is 4.90 Å². The van der Waals surface area contributed by atoms with Gasteiger partial charge in [-0.15, -0.1) is 0 Å². The first kappa shape index (κ1) is 16.0. The van der Waals surface area contributed by atoms with Crippen molar-refractivity contribution in [2.24, 2.45) is 5.73 Å². The second kappa shape index (κ2) is 8.19. The summed E-state index contributed by atoms with van der Waals surface area (Å²) in [5.41, 5.74) is 6.17. The summed E-state index contributed by atoms with van der Waals surface area (Å²) >= 11 is 0. The first-order valence-electron chi connectivity index (χ1n) is 6.59. The number of rotatable bonds is 8. The van der Waals surface area contributed by atoms with Crippen LogP contribution in [0.1, 0.15) is 25.5 Å². The summed E-state index contributed by atoms with van der Waals surface area (Å²) in [5, 5.41) is 0. The highest BCUT2D eigenvalue weighted by atomic mass is 19.1. The van der Waals surface area contributed by atoms with E-state index in [0.717, 1.165) is 31.3 Å². The van der Waals surface area contributed by atoms with Crippen LogP contribution in [0.5, 0.6) is 0 Å². The van der Waals surface area contributed by atoms with Crippen LogP contribution >= 0.6 is 0 Å². The molecule has 0 spiro atoms. The van der Waals surface area contributed by atoms with Crippen LogP contribution in [0, 0.1) is 11.6 Å². The van der Waals surface area contributed by atoms with E-state index in [1.807, 2.05) is 13.8 Å². The Morgan fingerprint density at radius 2 is 2.05 bits per heavy atom. The Kier molecular flexibility index (Phi) is 6.91. The van der Waals surface area contributed by atoms with Crippen molar-refractivity contribution in [3.8, 4) is 0 Å². The summed E-state index contributed by atoms with van der Waals surface area (Å²) in [5.74, 6) is -0.932. The minimum absolute atomic E-state index is 0.217. The zero-order chi connectivity index (χ0) is 14.3. The molecule has 0 saturated heterocycles. The van der Waals surface area contributed by atoms with E-state index in [9.17, 15) is 8.78 Å². The minimum atomic E-state index is -0.544. The zero-order valence-electron chi connectivity index (χ0n) is 11.5. The molecule has 0 heterocycles. The highest BCUT2D eigenvalue weighted by Crippen LogP contribution is 2.17. The van der Waals surface area contributed by atoms with Gasteiger partial charge in [0.2, 0.25) is 0 Å². The number of likely N-dealkylation sites (N-methyl/N-ethyl adjacent to an activating group) is 1. The maximum absolute atomic E-state index is 13.6. The molecular formula is C14H22F2N2O. The first-order valence-corrected chi connectivity index (χ1v) is 6.59. The quantitative estimate of drug-likeness (QED) is 0.738. The van der Waals surface area contributed by atoms with Crippen LogP contribution in [0.15, 0.2) is 18.2 Å². The van der Waals surface area contributed by atoms with Crippen molar-refractivity contribution in [2.45, 2.75) is 19.9 Å². The summed E-state index contributed by atoms with van der Waals surface area (Å²) in [6, 6.07) is 2.83. The van der Waals surface area contributed by atoms with Crippen LogP contribution in [-0.4, -0.2) is 37.7 Å². The fourth-order valence-electron chi connectivity index (χ4n) is 1.89. The summed E-state index contributed by atoms with van der Waals surface area (Å²) in [4.78, 5) is 2.06. The fourth-order valence-corrected chi connectivity index (χ4v) is 1.89. The Labute approximate surface area is 113 Å². The standard InChI is InChI=1S/C14H22F2N2O/c1-3-18(7-8-19-4-2)10-14(17)12-9-11(15)5-6-13(12)16/h5-6,9,14H,3-4,7-8,10,17H2,1-2H3. The molecule has 0 radical (unpaired) electrons. The lowest BCUT2D eigenvalue weighted by atomic mass is 10.1. The Balaban J connectivity index is 2.60. The van der Waals surface area contributed by atoms with E-state index < -0.39 is 17.7 Å². The molecule has 0 aliphatic rings. The van der Waals surface area contributed by atoms with Crippen molar-refractivity contribution >= 4 is 0 Å². The molecule has 0 aliphatic heterocycles. The van der Waals surface area contributed by atoms with Gasteiger partial charge in [0.05, 0.1) is 6.61 Å². The van der Waals surface area contributed by atoms with Crippen molar-refractivity contribution < 1.29 is 13.5 Å². The largest absolute Gasteiger partial charge is 0.380 e. The predicted octanol–water partition coefficient (Wildman–Crippen LogP) is 2.32. The predicted molar refractivity (Wildman–Crippen MR) is 71.9 cm³/mol. The highest BCUT2D eigenvalue weighted by Gasteiger charge is 2.15. The molecule has 0 amide bonds. The van der Waals surface area contributed by atoms with Gasteiger partial charge in [0.1, 0.15) is 11.6 Å². The normalized spacial score (nSPS) is 12.9. The van der Waals surface area contributed by atoms with Crippen LogP contribution in [-0.2, 0) is 4.74 Å². The van der Waals surface area contributed by atoms with Gasteiger partial charge in [0, 0.05) is 31.3 Å². The molecule has 0 fully saturated rings. The maximum Gasteiger partial charge on any atom is 0.128 e. The third-order valence-electron chi connectivity index (χ3n) is 3.02. The molecule has 1 aromatic rings. The average molecular weight is 272 g/mol. The number of halogens is 2. The average Bonchev–Trinajstić information content (AvgIpc) is 2.40. The number of nitrogens with zero attached hydrogens (tertiary/aromatic N) is 1. The monoisotopic (exact) mass is 272 g/mol. The Hall–Kier alpha value is -1.04. The van der Waals surface area contributed by atoms with Gasteiger partial charge < -0.3 is 10.5 Å². The van der Waals surface area contributed by atoms with Crippen LogP contribution < -0.4 is 5.73 Å². The molecule has 108 valence electrons. The van der Waals surface area contributed by atoms with Gasteiger partial charge in [-0.3, -0.25) is 4.90 Å². The molecule has 2 N–H and O–H groups in total. The Morgan fingerprint density at radius 3 is 2.68 bits per heavy atom. The maximum atomic E-state index is 13.6. The number of nitrogens with two attached hydrogens (primary N) is 1. The fraction of sp³-hybridized carbons (Fsp3) is 0.571. The molecule has 0 saturated carbocycles. The van der Waals surface area contributed by atoms with E-state index in [1.54, 1.807) is 0 Å². The number of hydrogen-bond donors (Lipinski definition) is 1. The number of benzene rings is 1. The van der Waals surface area contributed by atoms with Crippen LogP contribution in [0.25, 0.3) is 0 Å². The van der Waals surface area contributed by atoms with Crippen molar-refractivity contribution in [3.63, 3.8) is 0 Å². The van der Waals surface area contributed by atoms with Crippen LogP contribution in [0.3, 0.4) is 0 Å². The summed E-state index contributed by atoms with van der Waals surface area (Å²) < 4.78 is 32.0. The molecule has 5 heteroatoms. The molecule has 3 nitrogen and oxygen atoms in total. The van der Waals surface area contributed by atoms with Gasteiger partial charge in [-0.2, -0.15) is 0 Å². The van der Waals surface area contributed by atoms with E-state index in [0.29, 0.717) is 19.8 Å². The number of ether oxygens (including phenoxy) is 1. The third-order valence-corrected chi connectivity index (χ3v) is 3.02. The summed E-state index contributed by atoms with van der Waals surface area (Å²) in [6.45, 7) is 7.21. The molecule has 19 heavy (non-hydrogen) atoms. The van der Waals surface area contributed by atoms with Gasteiger partial charge in [-0.1, -0.05) is 6.92 Å². The molecule has 1 rings (SSSR count). The molecular weight excluding hydrogens is 250 g/mol. The molecule has 1 aromatic carbocycles. The highest BCUT2D eigenvalue weighted by molar-refractivity contribution is 5.22. The summed E-state index contributed by atoms with van der Waals surface area (Å²) in [6.07, 6.45) is 0. The van der Waals surface area contributed by atoms with Crippen molar-refractivity contribution in [3.05, 3.63) is 35.4 Å². The lowest BCUT2D eigenvalue weighted by Gasteiger charge is -2.24. The van der Waals surface area contributed by atoms with E-state index in [4.69, 9.17) is 10.5 Å². The smallest absolute Gasteiger partial charge is 0.128 e. The second-order valence-electron chi connectivity index (χ2n) is 4.36. The van der Waals surface area contributed by atoms with Gasteiger partial charge in [0.25, 0.3) is 0 Å². The molecule has 0 aromatic heterocycles. The SMILES string of the molecule is CCOCCN(CC)CC(N)c1cc(F)ccc1F. The second-order valence-corrected chi connectivity index (χ2v) is 4.36. The van der Waals surface area contributed by atoms with Gasteiger partial charge in [0.15, 0.2) is 0 Å². The van der Waals surface area contributed by atoms with Crippen molar-refractivity contribution in [1.82, 2.24) is 4.90 Å². The molecule has 0 bridgehead atoms. The van der Waals surface area contributed by atoms with E-state index >= 15 is 0 Å². The lowest BCUT2D eigenvalue weighted by molar-refractivity contribution is 0.113. The summed E-state index contributed by atoms with van der Waals surface area (Å²) in [7, 11) is 0. The van der Waals surface area contributed by atoms with Gasteiger partial charge in [-0.05, 0) is 31.7 Å². The minimum Gasteiger partial charge on any atom is -0.380 e. The Bertz CT molecular complexity index is 388. The van der Waals surface area contributed by atoms with E-state index in [1.165, 1.54) is 0 Å². The van der Waals surface area contributed by atoms with Crippen molar-refractivity contribution in [2.75, 3.05) is 32.8 Å². The third kappa shape index (κ3) is 5.22. The van der Waals surface area contributed by atoms with Crippen molar-refractivity contribution in [1.29, 1.82) is 0 Å². The Morgan fingerprint density at radius 1 is 1.32 bits per heavy atom. The molecule has 1 unspecified atom stereocenters.